The molecule has 1 amide bonds. The Labute approximate surface area is 76.1 Å². The molecular weight excluding hydrogens is 169 g/mol. The summed E-state index contributed by atoms with van der Waals surface area (Å²) in [5, 5.41) is 2.50. The van der Waals surface area contributed by atoms with E-state index in [4.69, 9.17) is 0 Å². The number of amides is 1. The number of halogens is 1. The maximum Gasteiger partial charge on any atom is 0.220 e. The van der Waals surface area contributed by atoms with E-state index < -0.39 is 0 Å². The van der Waals surface area contributed by atoms with Crippen molar-refractivity contribution >= 4 is 12.0 Å². The molecular formula is C10H10FNO. The Bertz CT molecular complexity index is 316. The maximum absolute atomic E-state index is 12.4. The van der Waals surface area contributed by atoms with Gasteiger partial charge in [-0.3, -0.25) is 4.79 Å². The summed E-state index contributed by atoms with van der Waals surface area (Å²) in [4.78, 5) is 10.5. The molecule has 1 aromatic rings. The Kier molecular flexibility index (Phi) is 3.20. The summed E-state index contributed by atoms with van der Waals surface area (Å²) < 4.78 is 12.4. The van der Waals surface area contributed by atoms with Crippen molar-refractivity contribution in [2.75, 3.05) is 0 Å². The summed E-state index contributed by atoms with van der Waals surface area (Å²) in [5.74, 6) is -0.393. The highest BCUT2D eigenvalue weighted by Gasteiger charge is 1.88. The zero-order valence-electron chi connectivity index (χ0n) is 7.25. The van der Waals surface area contributed by atoms with Crippen LogP contribution in [-0.4, -0.2) is 5.91 Å². The first-order chi connectivity index (χ1) is 6.18. The van der Waals surface area contributed by atoms with Crippen LogP contribution in [0.3, 0.4) is 0 Å². The Hall–Kier alpha value is -1.64. The zero-order valence-corrected chi connectivity index (χ0v) is 7.25. The maximum atomic E-state index is 12.4. The SMILES string of the molecule is CC(=O)N/C=C/c1ccc(F)cc1. The predicted molar refractivity (Wildman–Crippen MR) is 49.3 cm³/mol. The van der Waals surface area contributed by atoms with Gasteiger partial charge in [0.05, 0.1) is 0 Å². The van der Waals surface area contributed by atoms with Crippen LogP contribution in [0.15, 0.2) is 30.5 Å². The van der Waals surface area contributed by atoms with Crippen molar-refractivity contribution in [2.24, 2.45) is 0 Å². The molecule has 0 saturated carbocycles. The highest BCUT2D eigenvalue weighted by Crippen LogP contribution is 2.03. The Balaban J connectivity index is 2.59. The van der Waals surface area contributed by atoms with Gasteiger partial charge < -0.3 is 5.32 Å². The van der Waals surface area contributed by atoms with Crippen molar-refractivity contribution in [3.8, 4) is 0 Å². The van der Waals surface area contributed by atoms with Gasteiger partial charge in [0.15, 0.2) is 0 Å². The van der Waals surface area contributed by atoms with Crippen molar-refractivity contribution < 1.29 is 9.18 Å². The molecule has 0 saturated heterocycles. The second kappa shape index (κ2) is 4.40. The summed E-state index contributed by atoms with van der Waals surface area (Å²) in [6, 6.07) is 6.00. The Morgan fingerprint density at radius 3 is 2.54 bits per heavy atom. The fraction of sp³-hybridized carbons (Fsp3) is 0.100. The zero-order chi connectivity index (χ0) is 9.68. The third-order valence-corrected chi connectivity index (χ3v) is 1.43. The van der Waals surface area contributed by atoms with Crippen LogP contribution in [0, 0.1) is 5.82 Å². The minimum atomic E-state index is -0.267. The van der Waals surface area contributed by atoms with Gasteiger partial charge in [0.2, 0.25) is 5.91 Å². The van der Waals surface area contributed by atoms with E-state index in [-0.39, 0.29) is 11.7 Å². The Morgan fingerprint density at radius 2 is 2.00 bits per heavy atom. The van der Waals surface area contributed by atoms with Crippen molar-refractivity contribution in [1.29, 1.82) is 0 Å². The smallest absolute Gasteiger partial charge is 0.220 e. The number of carbonyl (C=O) groups is 1. The number of hydrogen-bond acceptors (Lipinski definition) is 1. The molecule has 0 fully saturated rings. The molecule has 0 spiro atoms. The van der Waals surface area contributed by atoms with E-state index in [1.54, 1.807) is 18.2 Å². The number of rotatable bonds is 2. The lowest BCUT2D eigenvalue weighted by Crippen LogP contribution is -2.10. The second-order valence-corrected chi connectivity index (χ2v) is 2.59. The van der Waals surface area contributed by atoms with Gasteiger partial charge in [0, 0.05) is 13.1 Å². The van der Waals surface area contributed by atoms with Gasteiger partial charge in [-0.1, -0.05) is 12.1 Å². The van der Waals surface area contributed by atoms with Crippen LogP contribution >= 0.6 is 0 Å². The summed E-state index contributed by atoms with van der Waals surface area (Å²) in [6.07, 6.45) is 3.22. The van der Waals surface area contributed by atoms with Crippen LogP contribution in [-0.2, 0) is 4.79 Å². The molecule has 0 aliphatic heterocycles. The van der Waals surface area contributed by atoms with Crippen molar-refractivity contribution in [3.63, 3.8) is 0 Å². The summed E-state index contributed by atoms with van der Waals surface area (Å²) in [7, 11) is 0. The highest BCUT2D eigenvalue weighted by atomic mass is 19.1. The minimum Gasteiger partial charge on any atom is -0.333 e. The summed E-state index contributed by atoms with van der Waals surface area (Å²) >= 11 is 0. The van der Waals surface area contributed by atoms with E-state index in [0.717, 1.165) is 5.56 Å². The molecule has 0 aromatic heterocycles. The van der Waals surface area contributed by atoms with E-state index in [2.05, 4.69) is 5.32 Å². The predicted octanol–water partition coefficient (Wildman–Crippen LogP) is 1.93. The molecule has 2 nitrogen and oxygen atoms in total. The molecule has 0 aliphatic rings. The van der Waals surface area contributed by atoms with Crippen LogP contribution in [0.2, 0.25) is 0 Å². The molecule has 0 atom stereocenters. The molecule has 0 aliphatic carbocycles. The van der Waals surface area contributed by atoms with E-state index in [0.29, 0.717) is 0 Å². The first-order valence-electron chi connectivity index (χ1n) is 3.88. The van der Waals surface area contributed by atoms with E-state index in [9.17, 15) is 9.18 Å². The quantitative estimate of drug-likeness (QED) is 0.738. The first-order valence-corrected chi connectivity index (χ1v) is 3.88. The average molecular weight is 179 g/mol. The first kappa shape index (κ1) is 9.45. The van der Waals surface area contributed by atoms with Crippen LogP contribution in [0.4, 0.5) is 4.39 Å². The largest absolute Gasteiger partial charge is 0.333 e. The van der Waals surface area contributed by atoms with Crippen LogP contribution in [0.1, 0.15) is 12.5 Å². The fourth-order valence-electron chi connectivity index (χ4n) is 0.829. The lowest BCUT2D eigenvalue weighted by molar-refractivity contribution is -0.118. The van der Waals surface area contributed by atoms with Crippen molar-refractivity contribution in [1.82, 2.24) is 5.32 Å². The lowest BCUT2D eigenvalue weighted by Gasteiger charge is -1.93. The molecule has 13 heavy (non-hydrogen) atoms. The summed E-state index contributed by atoms with van der Waals surface area (Å²) in [6.45, 7) is 1.43. The number of nitrogens with one attached hydrogen (secondary N) is 1. The van der Waals surface area contributed by atoms with E-state index >= 15 is 0 Å². The normalized spacial score (nSPS) is 10.3. The molecule has 0 radical (unpaired) electrons. The molecule has 1 rings (SSSR count). The van der Waals surface area contributed by atoms with Crippen molar-refractivity contribution in [2.45, 2.75) is 6.92 Å². The molecule has 3 heteroatoms. The number of hydrogen-bond donors (Lipinski definition) is 1. The van der Waals surface area contributed by atoms with Gasteiger partial charge in [0.25, 0.3) is 0 Å². The average Bonchev–Trinajstić information content (AvgIpc) is 2.08. The van der Waals surface area contributed by atoms with Gasteiger partial charge in [-0.2, -0.15) is 0 Å². The van der Waals surface area contributed by atoms with Gasteiger partial charge >= 0.3 is 0 Å². The third-order valence-electron chi connectivity index (χ3n) is 1.43. The van der Waals surface area contributed by atoms with Crippen LogP contribution in [0.25, 0.3) is 6.08 Å². The number of carbonyl (C=O) groups excluding carboxylic acids is 1. The lowest BCUT2D eigenvalue weighted by atomic mass is 10.2. The highest BCUT2D eigenvalue weighted by molar-refractivity contribution is 5.74. The van der Waals surface area contributed by atoms with Crippen molar-refractivity contribution in [3.05, 3.63) is 41.8 Å². The van der Waals surface area contributed by atoms with Crippen LogP contribution in [0.5, 0.6) is 0 Å². The fourth-order valence-corrected chi connectivity index (χ4v) is 0.829. The molecule has 0 heterocycles. The topological polar surface area (TPSA) is 29.1 Å². The second-order valence-electron chi connectivity index (χ2n) is 2.59. The number of benzene rings is 1. The van der Waals surface area contributed by atoms with Crippen LogP contribution < -0.4 is 5.32 Å². The van der Waals surface area contributed by atoms with E-state index in [1.807, 2.05) is 0 Å². The Morgan fingerprint density at radius 1 is 1.38 bits per heavy atom. The van der Waals surface area contributed by atoms with Gasteiger partial charge in [-0.25, -0.2) is 4.39 Å². The molecule has 1 aromatic carbocycles. The molecule has 68 valence electrons. The van der Waals surface area contributed by atoms with Gasteiger partial charge in [-0.15, -0.1) is 0 Å². The standard InChI is InChI=1S/C10H10FNO/c1-8(13)12-7-6-9-2-4-10(11)5-3-9/h2-7H,1H3,(H,12,13)/b7-6+. The van der Waals surface area contributed by atoms with E-state index in [1.165, 1.54) is 25.3 Å². The van der Waals surface area contributed by atoms with Gasteiger partial charge in [-0.05, 0) is 23.8 Å². The molecule has 0 bridgehead atoms. The summed E-state index contributed by atoms with van der Waals surface area (Å²) in [5.41, 5.74) is 0.843. The monoisotopic (exact) mass is 179 g/mol. The molecule has 0 unspecified atom stereocenters. The third kappa shape index (κ3) is 3.51. The molecule has 1 N–H and O–H groups in total. The minimum absolute atomic E-state index is 0.127. The van der Waals surface area contributed by atoms with Gasteiger partial charge in [0.1, 0.15) is 5.82 Å².